The zero-order valence-corrected chi connectivity index (χ0v) is 17.1. The number of piperidine rings is 1. The number of carbonyl (C=O) groups excluding carboxylic acids is 1. The Kier molecular flexibility index (Phi) is 4.83. The van der Waals surface area contributed by atoms with Crippen LogP contribution in [0.4, 0.5) is 11.5 Å². The maximum Gasteiger partial charge on any atom is 0.230 e. The fourth-order valence-electron chi connectivity index (χ4n) is 4.10. The first kappa shape index (κ1) is 18.4. The van der Waals surface area contributed by atoms with Crippen LogP contribution in [0.5, 0.6) is 0 Å². The van der Waals surface area contributed by atoms with Crippen molar-refractivity contribution in [2.45, 2.75) is 36.3 Å². The number of benzene rings is 1. The van der Waals surface area contributed by atoms with Crippen molar-refractivity contribution < 1.29 is 4.79 Å². The molecule has 0 radical (unpaired) electrons. The molecule has 2 aromatic heterocycles. The van der Waals surface area contributed by atoms with Crippen LogP contribution in [0.2, 0.25) is 0 Å². The molecule has 1 fully saturated rings. The summed E-state index contributed by atoms with van der Waals surface area (Å²) >= 11 is 1.87. The SMILES string of the molecule is CC1CCN(C(=O)C2CCN(c3ccc4nnnn4n3)CC2)c2ccccc2S1. The van der Waals surface area contributed by atoms with Crippen molar-refractivity contribution in [2.75, 3.05) is 29.4 Å². The van der Waals surface area contributed by atoms with Gasteiger partial charge in [0.1, 0.15) is 0 Å². The Morgan fingerprint density at radius 3 is 2.76 bits per heavy atom. The third-order valence-corrected chi connectivity index (χ3v) is 6.97. The Balaban J connectivity index is 1.30. The van der Waals surface area contributed by atoms with E-state index >= 15 is 0 Å². The van der Waals surface area contributed by atoms with Crippen LogP contribution in [-0.2, 0) is 4.79 Å². The summed E-state index contributed by atoms with van der Waals surface area (Å²) in [5.41, 5.74) is 1.70. The number of carbonyl (C=O) groups is 1. The number of amides is 1. The molecule has 8 nitrogen and oxygen atoms in total. The number of para-hydroxylation sites is 1. The van der Waals surface area contributed by atoms with E-state index in [1.54, 1.807) is 0 Å². The molecule has 2 aliphatic heterocycles. The summed E-state index contributed by atoms with van der Waals surface area (Å²) in [6, 6.07) is 12.1. The van der Waals surface area contributed by atoms with E-state index in [4.69, 9.17) is 0 Å². The van der Waals surface area contributed by atoms with Crippen LogP contribution < -0.4 is 9.80 Å². The van der Waals surface area contributed by atoms with Gasteiger partial charge in [0.05, 0.1) is 5.69 Å². The zero-order chi connectivity index (χ0) is 19.8. The van der Waals surface area contributed by atoms with Gasteiger partial charge in [-0.1, -0.05) is 19.1 Å². The lowest BCUT2D eigenvalue weighted by Crippen LogP contribution is -2.43. The van der Waals surface area contributed by atoms with Crippen molar-refractivity contribution in [3.8, 4) is 0 Å². The third kappa shape index (κ3) is 3.55. The van der Waals surface area contributed by atoms with E-state index < -0.39 is 0 Å². The summed E-state index contributed by atoms with van der Waals surface area (Å²) in [6.07, 6.45) is 2.67. The molecule has 0 bridgehead atoms. The minimum atomic E-state index is 0.0504. The van der Waals surface area contributed by atoms with E-state index in [-0.39, 0.29) is 11.8 Å². The number of aromatic nitrogens is 5. The molecule has 0 spiro atoms. The molecule has 5 rings (SSSR count). The minimum absolute atomic E-state index is 0.0504. The zero-order valence-electron chi connectivity index (χ0n) is 16.3. The average Bonchev–Trinajstić information content (AvgIpc) is 3.15. The van der Waals surface area contributed by atoms with Crippen molar-refractivity contribution in [2.24, 2.45) is 5.92 Å². The van der Waals surface area contributed by atoms with Crippen LogP contribution >= 0.6 is 11.8 Å². The Labute approximate surface area is 173 Å². The van der Waals surface area contributed by atoms with Crippen molar-refractivity contribution >= 4 is 34.8 Å². The van der Waals surface area contributed by atoms with Crippen molar-refractivity contribution in [1.82, 2.24) is 25.3 Å². The number of hydrogen-bond donors (Lipinski definition) is 0. The molecule has 0 saturated carbocycles. The second kappa shape index (κ2) is 7.62. The number of thioether (sulfide) groups is 1. The molecule has 29 heavy (non-hydrogen) atoms. The van der Waals surface area contributed by atoms with Gasteiger partial charge in [0.15, 0.2) is 11.5 Å². The Morgan fingerprint density at radius 1 is 1.07 bits per heavy atom. The number of tetrazole rings is 1. The van der Waals surface area contributed by atoms with Crippen molar-refractivity contribution in [3.63, 3.8) is 0 Å². The summed E-state index contributed by atoms with van der Waals surface area (Å²) in [7, 11) is 0. The van der Waals surface area contributed by atoms with E-state index in [0.29, 0.717) is 10.9 Å². The van der Waals surface area contributed by atoms with E-state index in [2.05, 4.69) is 50.6 Å². The molecule has 4 heterocycles. The maximum atomic E-state index is 13.4. The largest absolute Gasteiger partial charge is 0.355 e. The quantitative estimate of drug-likeness (QED) is 0.644. The first-order valence-corrected chi connectivity index (χ1v) is 10.9. The van der Waals surface area contributed by atoms with Crippen LogP contribution in [0, 0.1) is 5.92 Å². The minimum Gasteiger partial charge on any atom is -0.355 e. The van der Waals surface area contributed by atoms with E-state index in [1.165, 1.54) is 9.53 Å². The van der Waals surface area contributed by atoms with Crippen LogP contribution in [0.25, 0.3) is 5.65 Å². The molecule has 1 aromatic carbocycles. The second-order valence-corrected chi connectivity index (χ2v) is 9.13. The Morgan fingerprint density at radius 2 is 1.90 bits per heavy atom. The molecule has 3 aromatic rings. The van der Waals surface area contributed by atoms with Gasteiger partial charge in [-0.15, -0.1) is 26.6 Å². The van der Waals surface area contributed by atoms with Gasteiger partial charge in [-0.2, -0.15) is 0 Å². The van der Waals surface area contributed by atoms with Crippen LogP contribution in [0.15, 0.2) is 41.3 Å². The van der Waals surface area contributed by atoms with Crippen LogP contribution in [0.3, 0.4) is 0 Å². The second-order valence-electron chi connectivity index (χ2n) is 7.65. The predicted molar refractivity (Wildman–Crippen MR) is 112 cm³/mol. The highest BCUT2D eigenvalue weighted by Crippen LogP contribution is 2.38. The molecule has 0 aliphatic carbocycles. The standard InChI is InChI=1S/C20H23N7OS/c1-14-8-13-26(16-4-2-3-5-17(16)29-14)20(28)15-9-11-25(12-10-15)19-7-6-18-21-23-24-27(18)22-19/h2-7,14-15H,8-13H2,1H3. The molecule has 1 amide bonds. The normalized spacial score (nSPS) is 20.5. The van der Waals surface area contributed by atoms with Gasteiger partial charge in [0.25, 0.3) is 0 Å². The summed E-state index contributed by atoms with van der Waals surface area (Å²) in [5, 5.41) is 16.4. The maximum absolute atomic E-state index is 13.4. The van der Waals surface area contributed by atoms with Gasteiger partial charge in [-0.3, -0.25) is 4.79 Å². The molecule has 1 saturated heterocycles. The fraction of sp³-hybridized carbons (Fsp3) is 0.450. The highest BCUT2D eigenvalue weighted by molar-refractivity contribution is 8.00. The fourth-order valence-corrected chi connectivity index (χ4v) is 5.21. The van der Waals surface area contributed by atoms with E-state index in [9.17, 15) is 4.79 Å². The molecule has 1 atom stereocenters. The smallest absolute Gasteiger partial charge is 0.230 e. The molecule has 0 N–H and O–H groups in total. The highest BCUT2D eigenvalue weighted by atomic mass is 32.2. The number of nitrogens with zero attached hydrogens (tertiary/aromatic N) is 7. The van der Waals surface area contributed by atoms with Gasteiger partial charge in [0.2, 0.25) is 5.91 Å². The molecular weight excluding hydrogens is 386 g/mol. The topological polar surface area (TPSA) is 79.5 Å². The lowest BCUT2D eigenvalue weighted by molar-refractivity contribution is -0.123. The molecule has 2 aliphatic rings. The van der Waals surface area contributed by atoms with Crippen molar-refractivity contribution in [1.29, 1.82) is 0 Å². The summed E-state index contributed by atoms with van der Waals surface area (Å²) < 4.78 is 1.44. The number of rotatable bonds is 2. The van der Waals surface area contributed by atoms with Crippen molar-refractivity contribution in [3.05, 3.63) is 36.4 Å². The first-order chi connectivity index (χ1) is 14.2. The lowest BCUT2D eigenvalue weighted by Gasteiger charge is -2.34. The summed E-state index contributed by atoms with van der Waals surface area (Å²) in [4.78, 5) is 18.9. The van der Waals surface area contributed by atoms with Crippen LogP contribution in [0.1, 0.15) is 26.2 Å². The van der Waals surface area contributed by atoms with Gasteiger partial charge >= 0.3 is 0 Å². The molecule has 1 unspecified atom stereocenters. The van der Waals surface area contributed by atoms with E-state index in [0.717, 1.165) is 50.4 Å². The average molecular weight is 410 g/mol. The van der Waals surface area contributed by atoms with Gasteiger partial charge in [-0.25, -0.2) is 0 Å². The summed E-state index contributed by atoms with van der Waals surface area (Å²) in [5.74, 6) is 1.16. The first-order valence-electron chi connectivity index (χ1n) is 10.1. The predicted octanol–water partition coefficient (Wildman–Crippen LogP) is 2.65. The Hall–Kier alpha value is -2.68. The van der Waals surface area contributed by atoms with E-state index in [1.807, 2.05) is 34.9 Å². The van der Waals surface area contributed by atoms with Gasteiger partial charge in [0, 0.05) is 35.7 Å². The van der Waals surface area contributed by atoms with Crippen LogP contribution in [-0.4, -0.2) is 56.0 Å². The van der Waals surface area contributed by atoms with Gasteiger partial charge in [-0.05, 0) is 54.0 Å². The monoisotopic (exact) mass is 409 g/mol. The Bertz CT molecular complexity index is 1030. The summed E-state index contributed by atoms with van der Waals surface area (Å²) in [6.45, 7) is 4.64. The number of hydrogen-bond acceptors (Lipinski definition) is 7. The molecular formula is C20H23N7OS. The molecule has 9 heteroatoms. The molecule has 150 valence electrons. The third-order valence-electron chi connectivity index (χ3n) is 5.73. The lowest BCUT2D eigenvalue weighted by atomic mass is 9.94. The number of fused-ring (bicyclic) bond motifs is 2. The van der Waals surface area contributed by atoms with Gasteiger partial charge < -0.3 is 9.80 Å². The number of anilines is 2. The highest BCUT2D eigenvalue weighted by Gasteiger charge is 2.32.